The minimum Gasteiger partial charge on any atom is -0.486 e. The van der Waals surface area contributed by atoms with Gasteiger partial charge in [0.25, 0.3) is 11.8 Å². The van der Waals surface area contributed by atoms with Crippen molar-refractivity contribution < 1.29 is 23.3 Å². The third-order valence-electron chi connectivity index (χ3n) is 5.77. The molecule has 0 radical (unpaired) electrons. The first-order valence-electron chi connectivity index (χ1n) is 11.2. The highest BCUT2D eigenvalue weighted by Gasteiger charge is 2.25. The summed E-state index contributed by atoms with van der Waals surface area (Å²) in [6.45, 7) is 2.91. The number of para-hydroxylation sites is 2. The van der Waals surface area contributed by atoms with Gasteiger partial charge in [0.2, 0.25) is 0 Å². The van der Waals surface area contributed by atoms with Crippen molar-refractivity contribution in [3.63, 3.8) is 0 Å². The van der Waals surface area contributed by atoms with Crippen molar-refractivity contribution in [1.29, 1.82) is 0 Å². The Morgan fingerprint density at radius 3 is 2.48 bits per heavy atom. The van der Waals surface area contributed by atoms with Gasteiger partial charge in [0.15, 0.2) is 17.6 Å². The number of fused-ring (bicyclic) bond motifs is 1. The van der Waals surface area contributed by atoms with Crippen LogP contribution in [0.3, 0.4) is 0 Å². The van der Waals surface area contributed by atoms with Gasteiger partial charge in [-0.2, -0.15) is 0 Å². The van der Waals surface area contributed by atoms with E-state index in [-0.39, 0.29) is 24.6 Å². The molecule has 0 aliphatic carbocycles. The number of benzene rings is 2. The Bertz CT molecular complexity index is 1070. The van der Waals surface area contributed by atoms with Crippen LogP contribution in [0.5, 0.6) is 23.3 Å². The molecule has 1 saturated heterocycles. The molecule has 0 N–H and O–H groups in total. The fourth-order valence-corrected chi connectivity index (χ4v) is 4.02. The quantitative estimate of drug-likeness (QED) is 0.540. The van der Waals surface area contributed by atoms with Crippen LogP contribution in [0, 0.1) is 5.82 Å². The zero-order valence-electron chi connectivity index (χ0n) is 18.2. The molecular formula is C25H26FN3O4. The summed E-state index contributed by atoms with van der Waals surface area (Å²) < 4.78 is 37.6. The van der Waals surface area contributed by atoms with Crippen LogP contribution in [0.1, 0.15) is 18.4 Å². The molecule has 1 atom stereocenters. The molecule has 8 heteroatoms. The third kappa shape index (κ3) is 5.34. The monoisotopic (exact) mass is 451 g/mol. The zero-order valence-corrected chi connectivity index (χ0v) is 18.2. The molecule has 3 heterocycles. The molecule has 0 spiro atoms. The molecule has 172 valence electrons. The van der Waals surface area contributed by atoms with E-state index in [0.29, 0.717) is 30.7 Å². The van der Waals surface area contributed by atoms with Gasteiger partial charge in [0.1, 0.15) is 25.1 Å². The van der Waals surface area contributed by atoms with E-state index >= 15 is 0 Å². The molecule has 0 saturated carbocycles. The highest BCUT2D eigenvalue weighted by atomic mass is 19.1. The summed E-state index contributed by atoms with van der Waals surface area (Å²) in [5.74, 6) is 2.00. The van der Waals surface area contributed by atoms with Gasteiger partial charge in [0.05, 0.1) is 0 Å². The third-order valence-corrected chi connectivity index (χ3v) is 5.77. The molecule has 7 nitrogen and oxygen atoms in total. The van der Waals surface area contributed by atoms with Gasteiger partial charge in [-0.15, -0.1) is 0 Å². The van der Waals surface area contributed by atoms with Crippen LogP contribution in [0.15, 0.2) is 60.9 Å². The van der Waals surface area contributed by atoms with Crippen molar-refractivity contribution in [2.75, 3.05) is 26.3 Å². The van der Waals surface area contributed by atoms with Gasteiger partial charge in [0, 0.05) is 37.6 Å². The second-order valence-corrected chi connectivity index (χ2v) is 8.16. The van der Waals surface area contributed by atoms with E-state index in [9.17, 15) is 4.39 Å². The summed E-state index contributed by atoms with van der Waals surface area (Å²) in [4.78, 5) is 10.9. The Morgan fingerprint density at radius 2 is 1.67 bits per heavy atom. The molecule has 0 amide bonds. The molecular weight excluding hydrogens is 425 g/mol. The van der Waals surface area contributed by atoms with Crippen LogP contribution in [0.4, 0.5) is 4.39 Å². The first-order chi connectivity index (χ1) is 16.2. The van der Waals surface area contributed by atoms with Crippen molar-refractivity contribution >= 4 is 0 Å². The lowest BCUT2D eigenvalue weighted by molar-refractivity contribution is 0.0476. The van der Waals surface area contributed by atoms with Crippen LogP contribution >= 0.6 is 0 Å². The number of piperidine rings is 1. The maximum absolute atomic E-state index is 13.9. The summed E-state index contributed by atoms with van der Waals surface area (Å²) >= 11 is 0. The lowest BCUT2D eigenvalue weighted by atomic mass is 10.1. The Hall–Kier alpha value is -3.39. The number of aromatic nitrogens is 2. The van der Waals surface area contributed by atoms with Gasteiger partial charge >= 0.3 is 0 Å². The lowest BCUT2D eigenvalue weighted by Gasteiger charge is -2.32. The topological polar surface area (TPSA) is 65.9 Å². The van der Waals surface area contributed by atoms with Gasteiger partial charge < -0.3 is 18.9 Å². The van der Waals surface area contributed by atoms with Gasteiger partial charge in [-0.3, -0.25) is 4.90 Å². The van der Waals surface area contributed by atoms with E-state index in [1.807, 2.05) is 36.4 Å². The number of ether oxygens (including phenoxy) is 4. The summed E-state index contributed by atoms with van der Waals surface area (Å²) in [6, 6.07) is 14.5. The minimum absolute atomic E-state index is 0.00191. The molecule has 0 bridgehead atoms. The Labute approximate surface area is 192 Å². The summed E-state index contributed by atoms with van der Waals surface area (Å²) in [6.07, 6.45) is 4.55. The number of rotatable bonds is 7. The van der Waals surface area contributed by atoms with E-state index in [0.717, 1.165) is 37.2 Å². The number of hydrogen-bond donors (Lipinski definition) is 0. The second-order valence-electron chi connectivity index (χ2n) is 8.16. The highest BCUT2D eigenvalue weighted by molar-refractivity contribution is 5.40. The average molecular weight is 451 g/mol. The van der Waals surface area contributed by atoms with E-state index in [1.165, 1.54) is 6.07 Å². The summed E-state index contributed by atoms with van der Waals surface area (Å²) in [5, 5.41) is 0. The molecule has 2 aliphatic rings. The minimum atomic E-state index is -0.253. The van der Waals surface area contributed by atoms with Crippen LogP contribution < -0.4 is 18.9 Å². The van der Waals surface area contributed by atoms with Crippen molar-refractivity contribution in [2.24, 2.45) is 0 Å². The number of halogens is 1. The number of hydrogen-bond acceptors (Lipinski definition) is 7. The summed E-state index contributed by atoms with van der Waals surface area (Å²) in [5.41, 5.74) is 0.720. The average Bonchev–Trinajstić information content (AvgIpc) is 2.86. The first-order valence-corrected chi connectivity index (χ1v) is 11.2. The molecule has 1 fully saturated rings. The zero-order chi connectivity index (χ0) is 22.5. The molecule has 2 aliphatic heterocycles. The highest BCUT2D eigenvalue weighted by Crippen LogP contribution is 2.31. The fourth-order valence-electron chi connectivity index (χ4n) is 4.02. The van der Waals surface area contributed by atoms with Crippen LogP contribution in [-0.2, 0) is 6.54 Å². The predicted molar refractivity (Wildman–Crippen MR) is 119 cm³/mol. The molecule has 1 unspecified atom stereocenters. The second kappa shape index (κ2) is 10.0. The maximum Gasteiger partial charge on any atom is 0.278 e. The maximum atomic E-state index is 13.9. The number of nitrogens with zero attached hydrogens (tertiary/aromatic N) is 3. The molecule has 33 heavy (non-hydrogen) atoms. The normalized spacial score (nSPS) is 18.6. The van der Waals surface area contributed by atoms with Crippen LogP contribution in [0.25, 0.3) is 0 Å². The van der Waals surface area contributed by atoms with Crippen molar-refractivity contribution in [1.82, 2.24) is 14.9 Å². The van der Waals surface area contributed by atoms with E-state index in [1.54, 1.807) is 18.5 Å². The summed E-state index contributed by atoms with van der Waals surface area (Å²) in [7, 11) is 0. The Morgan fingerprint density at radius 1 is 0.939 bits per heavy atom. The van der Waals surface area contributed by atoms with Gasteiger partial charge in [-0.25, -0.2) is 14.4 Å². The molecule has 3 aromatic rings. The fraction of sp³-hybridized carbons (Fsp3) is 0.360. The molecule has 5 rings (SSSR count). The van der Waals surface area contributed by atoms with Gasteiger partial charge in [-0.05, 0) is 31.0 Å². The Kier molecular flexibility index (Phi) is 6.53. The Balaban J connectivity index is 1.13. The van der Waals surface area contributed by atoms with E-state index < -0.39 is 0 Å². The first kappa shape index (κ1) is 21.5. The van der Waals surface area contributed by atoms with Gasteiger partial charge in [-0.1, -0.05) is 30.3 Å². The smallest absolute Gasteiger partial charge is 0.278 e. The molecule has 2 aromatic carbocycles. The largest absolute Gasteiger partial charge is 0.486 e. The van der Waals surface area contributed by atoms with Crippen molar-refractivity contribution in [3.8, 4) is 23.3 Å². The van der Waals surface area contributed by atoms with E-state index in [2.05, 4.69) is 14.9 Å². The lowest BCUT2D eigenvalue weighted by Crippen LogP contribution is -2.38. The van der Waals surface area contributed by atoms with E-state index in [4.69, 9.17) is 18.9 Å². The SMILES string of the molecule is Fc1ccccc1CN1CCC(Oc2nccnc2OCC2COc3ccccc3O2)CC1. The van der Waals surface area contributed by atoms with Crippen LogP contribution in [0.2, 0.25) is 0 Å². The van der Waals surface area contributed by atoms with Crippen molar-refractivity contribution in [2.45, 2.75) is 31.6 Å². The van der Waals surface area contributed by atoms with Crippen molar-refractivity contribution in [3.05, 3.63) is 72.3 Å². The standard InChI is InChI=1S/C25H26FN3O4/c26-21-6-2-1-5-18(21)15-29-13-9-19(10-14-29)33-25-24(27-11-12-28-25)31-17-20-16-30-22-7-3-4-8-23(22)32-20/h1-8,11-12,19-20H,9-10,13-17H2. The molecule has 1 aromatic heterocycles. The number of likely N-dealkylation sites (tertiary alicyclic amines) is 1. The predicted octanol–water partition coefficient (Wildman–Crippen LogP) is 3.88. The van der Waals surface area contributed by atoms with Crippen LogP contribution in [-0.4, -0.2) is 53.4 Å².